The lowest BCUT2D eigenvalue weighted by molar-refractivity contribution is -0.149. The van der Waals surface area contributed by atoms with Gasteiger partial charge >= 0.3 is 5.97 Å². The van der Waals surface area contributed by atoms with E-state index in [1.165, 1.54) is 0 Å². The summed E-state index contributed by atoms with van der Waals surface area (Å²) in [5.74, 6) is -1.65. The molecule has 1 aromatic heterocycles. The standard InChI is InChI=1S/C16H20N2O3/c19-15(13-2-1-3-14(13)16(20)21)18(12-4-5-12)10-11-6-8-17-9-7-11/h6-9,12-14H,1-5,10H2,(H,20,21). The van der Waals surface area contributed by atoms with Crippen LogP contribution in [0, 0.1) is 11.8 Å². The van der Waals surface area contributed by atoms with E-state index in [2.05, 4.69) is 4.98 Å². The van der Waals surface area contributed by atoms with Crippen LogP contribution in [0.2, 0.25) is 0 Å². The molecular weight excluding hydrogens is 268 g/mol. The van der Waals surface area contributed by atoms with E-state index in [4.69, 9.17) is 0 Å². The van der Waals surface area contributed by atoms with E-state index in [-0.39, 0.29) is 11.8 Å². The maximum Gasteiger partial charge on any atom is 0.307 e. The summed E-state index contributed by atoms with van der Waals surface area (Å²) >= 11 is 0. The van der Waals surface area contributed by atoms with Crippen LogP contribution < -0.4 is 0 Å². The molecule has 2 aliphatic rings. The van der Waals surface area contributed by atoms with Gasteiger partial charge in [0.25, 0.3) is 0 Å². The fourth-order valence-corrected chi connectivity index (χ4v) is 3.22. The molecule has 0 aliphatic heterocycles. The van der Waals surface area contributed by atoms with Gasteiger partial charge in [0, 0.05) is 25.0 Å². The van der Waals surface area contributed by atoms with Gasteiger partial charge in [-0.05, 0) is 43.4 Å². The van der Waals surface area contributed by atoms with Crippen molar-refractivity contribution in [2.24, 2.45) is 11.8 Å². The molecule has 2 fully saturated rings. The molecule has 0 spiro atoms. The number of carboxylic acids is 1. The van der Waals surface area contributed by atoms with Crippen molar-refractivity contribution < 1.29 is 14.7 Å². The fourth-order valence-electron chi connectivity index (χ4n) is 3.22. The second-order valence-corrected chi connectivity index (χ2v) is 6.03. The van der Waals surface area contributed by atoms with E-state index in [1.54, 1.807) is 12.4 Å². The smallest absolute Gasteiger partial charge is 0.307 e. The van der Waals surface area contributed by atoms with E-state index in [0.717, 1.165) is 24.8 Å². The van der Waals surface area contributed by atoms with Crippen LogP contribution in [0.15, 0.2) is 24.5 Å². The minimum atomic E-state index is -0.828. The topological polar surface area (TPSA) is 70.5 Å². The normalized spacial score (nSPS) is 24.8. The number of aliphatic carboxylic acids is 1. The molecule has 3 rings (SSSR count). The molecular formula is C16H20N2O3. The van der Waals surface area contributed by atoms with Crippen molar-refractivity contribution in [3.63, 3.8) is 0 Å². The third-order valence-corrected chi connectivity index (χ3v) is 4.52. The number of rotatable bonds is 5. The Morgan fingerprint density at radius 2 is 1.81 bits per heavy atom. The first-order valence-electron chi connectivity index (χ1n) is 7.59. The average molecular weight is 288 g/mol. The molecule has 2 unspecified atom stereocenters. The Hall–Kier alpha value is -1.91. The van der Waals surface area contributed by atoms with Crippen LogP contribution in [0.4, 0.5) is 0 Å². The first-order valence-corrected chi connectivity index (χ1v) is 7.59. The van der Waals surface area contributed by atoms with Crippen LogP contribution in [0.5, 0.6) is 0 Å². The van der Waals surface area contributed by atoms with Crippen molar-refractivity contribution in [1.29, 1.82) is 0 Å². The predicted octanol–water partition coefficient (Wildman–Crippen LogP) is 2.07. The van der Waals surface area contributed by atoms with Gasteiger partial charge in [0.15, 0.2) is 0 Å². The Balaban J connectivity index is 1.74. The van der Waals surface area contributed by atoms with Crippen LogP contribution in [-0.2, 0) is 16.1 Å². The van der Waals surface area contributed by atoms with Crippen LogP contribution >= 0.6 is 0 Å². The van der Waals surface area contributed by atoms with Crippen LogP contribution in [0.25, 0.3) is 0 Å². The summed E-state index contributed by atoms with van der Waals surface area (Å²) in [6, 6.07) is 4.11. The lowest BCUT2D eigenvalue weighted by Crippen LogP contribution is -2.40. The molecule has 2 atom stereocenters. The highest BCUT2D eigenvalue weighted by Crippen LogP contribution is 2.37. The molecule has 0 radical (unpaired) electrons. The largest absolute Gasteiger partial charge is 0.481 e. The third-order valence-electron chi connectivity index (χ3n) is 4.52. The van der Waals surface area contributed by atoms with E-state index in [0.29, 0.717) is 25.4 Å². The van der Waals surface area contributed by atoms with E-state index >= 15 is 0 Å². The Morgan fingerprint density at radius 3 is 2.43 bits per heavy atom. The number of carboxylic acid groups (broad SMARTS) is 1. The van der Waals surface area contributed by atoms with Crippen LogP contribution in [-0.4, -0.2) is 32.9 Å². The summed E-state index contributed by atoms with van der Waals surface area (Å²) in [5, 5.41) is 9.28. The molecule has 5 nitrogen and oxygen atoms in total. The lowest BCUT2D eigenvalue weighted by atomic mass is 9.94. The zero-order valence-corrected chi connectivity index (χ0v) is 11.9. The fraction of sp³-hybridized carbons (Fsp3) is 0.562. The van der Waals surface area contributed by atoms with Gasteiger partial charge < -0.3 is 10.0 Å². The Labute approximate surface area is 124 Å². The van der Waals surface area contributed by atoms with E-state index in [9.17, 15) is 14.7 Å². The maximum atomic E-state index is 12.8. The maximum absolute atomic E-state index is 12.8. The molecule has 1 N–H and O–H groups in total. The minimum Gasteiger partial charge on any atom is -0.481 e. The van der Waals surface area contributed by atoms with Crippen LogP contribution in [0.1, 0.15) is 37.7 Å². The number of aromatic nitrogens is 1. The highest BCUT2D eigenvalue weighted by Gasteiger charge is 2.43. The summed E-state index contributed by atoms with van der Waals surface area (Å²) < 4.78 is 0. The summed E-state index contributed by atoms with van der Waals surface area (Å²) in [6.45, 7) is 0.564. The van der Waals surface area contributed by atoms with Gasteiger partial charge in [-0.1, -0.05) is 6.42 Å². The predicted molar refractivity (Wildman–Crippen MR) is 76.3 cm³/mol. The van der Waals surface area contributed by atoms with Crippen molar-refractivity contribution in [1.82, 2.24) is 9.88 Å². The van der Waals surface area contributed by atoms with Gasteiger partial charge in [0.1, 0.15) is 0 Å². The second-order valence-electron chi connectivity index (χ2n) is 6.03. The summed E-state index contributed by atoms with van der Waals surface area (Å²) in [7, 11) is 0. The van der Waals surface area contributed by atoms with Gasteiger partial charge in [-0.25, -0.2) is 0 Å². The number of hydrogen-bond donors (Lipinski definition) is 1. The number of amides is 1. The first kappa shape index (κ1) is 14.0. The molecule has 5 heteroatoms. The monoisotopic (exact) mass is 288 g/mol. The highest BCUT2D eigenvalue weighted by atomic mass is 16.4. The van der Waals surface area contributed by atoms with Crippen molar-refractivity contribution in [2.45, 2.75) is 44.7 Å². The van der Waals surface area contributed by atoms with Crippen LogP contribution in [0.3, 0.4) is 0 Å². The molecule has 1 aromatic rings. The van der Waals surface area contributed by atoms with E-state index in [1.807, 2.05) is 17.0 Å². The van der Waals surface area contributed by atoms with Gasteiger partial charge in [0.2, 0.25) is 5.91 Å². The van der Waals surface area contributed by atoms with Gasteiger partial charge in [-0.3, -0.25) is 14.6 Å². The SMILES string of the molecule is O=C(O)C1CCCC1C(=O)N(Cc1ccncc1)C1CC1. The molecule has 21 heavy (non-hydrogen) atoms. The lowest BCUT2D eigenvalue weighted by Gasteiger charge is -2.27. The summed E-state index contributed by atoms with van der Waals surface area (Å²) in [5.41, 5.74) is 1.05. The Morgan fingerprint density at radius 1 is 1.14 bits per heavy atom. The number of carbonyl (C=O) groups excluding carboxylic acids is 1. The number of carbonyl (C=O) groups is 2. The molecule has 0 bridgehead atoms. The first-order chi connectivity index (χ1) is 10.2. The number of hydrogen-bond acceptors (Lipinski definition) is 3. The van der Waals surface area contributed by atoms with Gasteiger partial charge in [-0.15, -0.1) is 0 Å². The molecule has 1 heterocycles. The quantitative estimate of drug-likeness (QED) is 0.900. The van der Waals surface area contributed by atoms with Crippen molar-refractivity contribution in [3.8, 4) is 0 Å². The zero-order chi connectivity index (χ0) is 14.8. The van der Waals surface area contributed by atoms with E-state index < -0.39 is 11.9 Å². The second kappa shape index (κ2) is 5.84. The van der Waals surface area contributed by atoms with Crippen molar-refractivity contribution in [2.75, 3.05) is 0 Å². The van der Waals surface area contributed by atoms with Gasteiger partial charge in [-0.2, -0.15) is 0 Å². The molecule has 1 amide bonds. The van der Waals surface area contributed by atoms with Crippen molar-refractivity contribution >= 4 is 11.9 Å². The molecule has 0 saturated heterocycles. The number of nitrogens with zero attached hydrogens (tertiary/aromatic N) is 2. The highest BCUT2D eigenvalue weighted by molar-refractivity contribution is 5.85. The molecule has 2 saturated carbocycles. The zero-order valence-electron chi connectivity index (χ0n) is 11.9. The average Bonchev–Trinajstić information content (AvgIpc) is 3.20. The third kappa shape index (κ3) is 3.06. The van der Waals surface area contributed by atoms with Gasteiger partial charge in [0.05, 0.1) is 11.8 Å². The minimum absolute atomic E-state index is 0.0270. The Kier molecular flexibility index (Phi) is 3.90. The van der Waals surface area contributed by atoms with Crippen molar-refractivity contribution in [3.05, 3.63) is 30.1 Å². The summed E-state index contributed by atoms with van der Waals surface area (Å²) in [6.07, 6.45) is 7.67. The molecule has 2 aliphatic carbocycles. The molecule has 112 valence electrons. The number of pyridine rings is 1. The Bertz CT molecular complexity index is 528. The summed E-state index contributed by atoms with van der Waals surface area (Å²) in [4.78, 5) is 30.0. The molecule has 0 aromatic carbocycles.